The highest BCUT2D eigenvalue weighted by atomic mass is 16.6. The number of aryl methyl sites for hydroxylation is 1. The predicted octanol–water partition coefficient (Wildman–Crippen LogP) is 4.35. The van der Waals surface area contributed by atoms with Crippen molar-refractivity contribution in [3.63, 3.8) is 0 Å². The van der Waals surface area contributed by atoms with Crippen LogP contribution in [0.15, 0.2) is 53.6 Å². The molecule has 3 rings (SSSR count). The van der Waals surface area contributed by atoms with Crippen LogP contribution >= 0.6 is 0 Å². The lowest BCUT2D eigenvalue weighted by Gasteiger charge is -2.11. The van der Waals surface area contributed by atoms with E-state index in [4.69, 9.17) is 14.2 Å². The summed E-state index contributed by atoms with van der Waals surface area (Å²) >= 11 is 0. The molecule has 0 fully saturated rings. The van der Waals surface area contributed by atoms with Gasteiger partial charge in [-0.1, -0.05) is 12.1 Å². The lowest BCUT2D eigenvalue weighted by Crippen LogP contribution is -2.03. The van der Waals surface area contributed by atoms with E-state index in [9.17, 15) is 15.4 Å². The van der Waals surface area contributed by atoms with Gasteiger partial charge in [-0.3, -0.25) is 15.5 Å². The highest BCUT2D eigenvalue weighted by molar-refractivity contribution is 5.81. The van der Waals surface area contributed by atoms with E-state index in [1.54, 1.807) is 49.7 Å². The Labute approximate surface area is 196 Å². The molecule has 2 aromatic carbocycles. The van der Waals surface area contributed by atoms with Gasteiger partial charge in [0.15, 0.2) is 17.3 Å². The molecular weight excluding hydrogens is 438 g/mol. The number of anilines is 1. The summed E-state index contributed by atoms with van der Waals surface area (Å²) in [4.78, 5) is 14.8. The third-order valence-corrected chi connectivity index (χ3v) is 4.73. The van der Waals surface area contributed by atoms with E-state index in [0.717, 1.165) is 16.8 Å². The van der Waals surface area contributed by atoms with Gasteiger partial charge in [0.25, 0.3) is 5.69 Å². The van der Waals surface area contributed by atoms with Crippen LogP contribution in [0.1, 0.15) is 27.9 Å². The number of pyridine rings is 1. The standard InChI is InChI=1S/C24H23N5O5/c1-16-9-19(15-32-2)21(12-25)24(27-16)28-26-13-17-7-8-22(23(11-17)33-3)34-14-18-5-4-6-20(10-18)29(30)31/h4-11,13H,14-15H2,1-3H3,(H,27,28)/b26-13-. The number of benzene rings is 2. The van der Waals surface area contributed by atoms with Crippen molar-refractivity contribution >= 4 is 17.7 Å². The minimum atomic E-state index is -0.448. The fraction of sp³-hybridized carbons (Fsp3) is 0.208. The monoisotopic (exact) mass is 461 g/mol. The molecular formula is C24H23N5O5. The van der Waals surface area contributed by atoms with Crippen LogP contribution in [0.3, 0.4) is 0 Å². The van der Waals surface area contributed by atoms with Crippen molar-refractivity contribution in [1.29, 1.82) is 5.26 Å². The van der Waals surface area contributed by atoms with Gasteiger partial charge in [-0.05, 0) is 42.3 Å². The first-order chi connectivity index (χ1) is 16.4. The number of nitro benzene ring substituents is 1. The van der Waals surface area contributed by atoms with Crippen molar-refractivity contribution in [2.45, 2.75) is 20.1 Å². The predicted molar refractivity (Wildman–Crippen MR) is 126 cm³/mol. The molecule has 0 saturated heterocycles. The summed E-state index contributed by atoms with van der Waals surface area (Å²) in [6.07, 6.45) is 1.56. The molecule has 0 aliphatic rings. The number of ether oxygens (including phenoxy) is 3. The maximum absolute atomic E-state index is 10.9. The molecule has 0 radical (unpaired) electrons. The van der Waals surface area contributed by atoms with E-state index < -0.39 is 4.92 Å². The molecule has 0 unspecified atom stereocenters. The molecule has 1 heterocycles. The Hall–Kier alpha value is -4.49. The minimum absolute atomic E-state index is 0.00382. The molecule has 0 aliphatic carbocycles. The second kappa shape index (κ2) is 11.4. The molecule has 0 atom stereocenters. The molecule has 0 aliphatic heterocycles. The van der Waals surface area contributed by atoms with Gasteiger partial charge in [-0.15, -0.1) is 0 Å². The van der Waals surface area contributed by atoms with Crippen LogP contribution in [0.5, 0.6) is 11.5 Å². The van der Waals surface area contributed by atoms with Crippen molar-refractivity contribution < 1.29 is 19.1 Å². The van der Waals surface area contributed by atoms with Crippen molar-refractivity contribution in [1.82, 2.24) is 4.98 Å². The van der Waals surface area contributed by atoms with Gasteiger partial charge in [0.05, 0.1) is 24.9 Å². The number of hydrazone groups is 1. The molecule has 1 N–H and O–H groups in total. The smallest absolute Gasteiger partial charge is 0.269 e. The zero-order valence-corrected chi connectivity index (χ0v) is 18.9. The summed E-state index contributed by atoms with van der Waals surface area (Å²) in [5.41, 5.74) is 6.03. The third-order valence-electron chi connectivity index (χ3n) is 4.73. The first kappa shape index (κ1) is 24.2. The topological polar surface area (TPSA) is 132 Å². The van der Waals surface area contributed by atoms with E-state index in [-0.39, 0.29) is 12.3 Å². The van der Waals surface area contributed by atoms with Crippen LogP contribution in [0.25, 0.3) is 0 Å². The number of nitro groups is 1. The number of nitrogens with one attached hydrogen (secondary N) is 1. The maximum atomic E-state index is 10.9. The molecule has 1 aromatic heterocycles. The molecule has 3 aromatic rings. The van der Waals surface area contributed by atoms with Gasteiger partial charge in [-0.25, -0.2) is 4.98 Å². The largest absolute Gasteiger partial charge is 0.493 e. The first-order valence-electron chi connectivity index (χ1n) is 10.2. The molecule has 0 amide bonds. The van der Waals surface area contributed by atoms with Crippen molar-refractivity contribution in [2.24, 2.45) is 5.10 Å². The third kappa shape index (κ3) is 6.05. The van der Waals surface area contributed by atoms with Crippen LogP contribution in [-0.4, -0.2) is 30.3 Å². The molecule has 10 heteroatoms. The van der Waals surface area contributed by atoms with Crippen LogP contribution in [0.4, 0.5) is 11.5 Å². The SMILES string of the molecule is COCc1cc(C)nc(N/N=C\c2ccc(OCc3cccc([N+](=O)[O-])c3)c(OC)c2)c1C#N. The summed E-state index contributed by atoms with van der Waals surface area (Å²) in [6.45, 7) is 2.26. The molecule has 174 valence electrons. The number of aromatic nitrogens is 1. The quantitative estimate of drug-likeness (QED) is 0.268. The summed E-state index contributed by atoms with van der Waals surface area (Å²) in [6, 6.07) is 15.4. The van der Waals surface area contributed by atoms with Crippen molar-refractivity contribution in [3.8, 4) is 17.6 Å². The molecule has 10 nitrogen and oxygen atoms in total. The van der Waals surface area contributed by atoms with E-state index >= 15 is 0 Å². The highest BCUT2D eigenvalue weighted by Crippen LogP contribution is 2.29. The fourth-order valence-corrected chi connectivity index (χ4v) is 3.19. The zero-order valence-electron chi connectivity index (χ0n) is 18.9. The second-order valence-electron chi connectivity index (χ2n) is 7.19. The Bertz CT molecular complexity index is 1250. The van der Waals surface area contributed by atoms with Crippen LogP contribution in [0.2, 0.25) is 0 Å². The van der Waals surface area contributed by atoms with Gasteiger partial charge in [0.2, 0.25) is 0 Å². The highest BCUT2D eigenvalue weighted by Gasteiger charge is 2.11. The minimum Gasteiger partial charge on any atom is -0.493 e. The molecule has 0 bridgehead atoms. The maximum Gasteiger partial charge on any atom is 0.269 e. The van der Waals surface area contributed by atoms with Gasteiger partial charge in [0, 0.05) is 30.5 Å². The number of non-ortho nitro benzene ring substituents is 1. The summed E-state index contributed by atoms with van der Waals surface area (Å²) in [7, 11) is 3.08. The number of nitriles is 1. The Morgan fingerprint density at radius 3 is 2.71 bits per heavy atom. The lowest BCUT2D eigenvalue weighted by atomic mass is 10.1. The summed E-state index contributed by atoms with van der Waals surface area (Å²) < 4.78 is 16.4. The summed E-state index contributed by atoms with van der Waals surface area (Å²) in [5, 5.41) is 24.6. The Morgan fingerprint density at radius 1 is 1.18 bits per heavy atom. The first-order valence-corrected chi connectivity index (χ1v) is 10.2. The van der Waals surface area contributed by atoms with Gasteiger partial charge in [-0.2, -0.15) is 10.4 Å². The second-order valence-corrected chi connectivity index (χ2v) is 7.19. The van der Waals surface area contributed by atoms with Crippen LogP contribution in [-0.2, 0) is 18.0 Å². The normalized spacial score (nSPS) is 10.6. The van der Waals surface area contributed by atoms with Gasteiger partial charge < -0.3 is 14.2 Å². The van der Waals surface area contributed by atoms with Crippen LogP contribution < -0.4 is 14.9 Å². The number of rotatable bonds is 10. The van der Waals surface area contributed by atoms with Crippen molar-refractivity contribution in [2.75, 3.05) is 19.6 Å². The average molecular weight is 461 g/mol. The number of nitrogens with zero attached hydrogens (tertiary/aromatic N) is 4. The Balaban J connectivity index is 1.72. The Kier molecular flexibility index (Phi) is 8.10. The summed E-state index contributed by atoms with van der Waals surface area (Å²) in [5.74, 6) is 1.30. The van der Waals surface area contributed by atoms with E-state index in [0.29, 0.717) is 35.1 Å². The van der Waals surface area contributed by atoms with E-state index in [1.807, 2.05) is 6.92 Å². The van der Waals surface area contributed by atoms with Gasteiger partial charge in [0.1, 0.15) is 18.2 Å². The van der Waals surface area contributed by atoms with E-state index in [2.05, 4.69) is 21.6 Å². The van der Waals surface area contributed by atoms with Crippen molar-refractivity contribution in [3.05, 3.63) is 86.6 Å². The van der Waals surface area contributed by atoms with Crippen LogP contribution in [0, 0.1) is 28.4 Å². The van der Waals surface area contributed by atoms with E-state index in [1.165, 1.54) is 19.2 Å². The fourth-order valence-electron chi connectivity index (χ4n) is 3.19. The lowest BCUT2D eigenvalue weighted by molar-refractivity contribution is -0.384. The molecule has 0 spiro atoms. The van der Waals surface area contributed by atoms with Gasteiger partial charge >= 0.3 is 0 Å². The number of hydrogen-bond donors (Lipinski definition) is 1. The number of methoxy groups -OCH3 is 2. The average Bonchev–Trinajstić information content (AvgIpc) is 2.83. The Morgan fingerprint density at radius 2 is 2.00 bits per heavy atom. The number of hydrogen-bond acceptors (Lipinski definition) is 9. The zero-order chi connectivity index (χ0) is 24.5. The molecule has 0 saturated carbocycles. The molecule has 34 heavy (non-hydrogen) atoms.